The largest absolute Gasteiger partial charge is 0.394 e. The van der Waals surface area contributed by atoms with E-state index >= 15 is 0 Å². The Labute approximate surface area is 556 Å². The van der Waals surface area contributed by atoms with Gasteiger partial charge in [-0.2, -0.15) is 11.8 Å². The van der Waals surface area contributed by atoms with Gasteiger partial charge in [-0.05, 0) is 93.8 Å². The highest BCUT2D eigenvalue weighted by atomic mass is 32.2. The predicted molar refractivity (Wildman–Crippen MR) is 356 cm³/mol. The number of primary amides is 1. The molecule has 32 heteroatoms. The number of unbranched alkanes of at least 4 members (excludes halogenated alkanes) is 1. The molecule has 1 aromatic carbocycles. The summed E-state index contributed by atoms with van der Waals surface area (Å²) in [7, 11) is 0. The molecule has 95 heavy (non-hydrogen) atoms. The monoisotopic (exact) mass is 1350 g/mol. The second-order valence-corrected chi connectivity index (χ2v) is 25.9. The van der Waals surface area contributed by atoms with E-state index in [1.165, 1.54) is 23.6 Å². The lowest BCUT2D eigenvalue weighted by Gasteiger charge is -2.30. The number of H-pyrrole nitrogens is 1. The molecule has 0 unspecified atom stereocenters. The van der Waals surface area contributed by atoms with Crippen LogP contribution in [-0.2, 0) is 64.0 Å². The molecule has 3 aliphatic rings. The van der Waals surface area contributed by atoms with Crippen molar-refractivity contribution in [3.8, 4) is 0 Å². The maximum absolute atomic E-state index is 14.8. The van der Waals surface area contributed by atoms with E-state index in [4.69, 9.17) is 17.2 Å². The lowest BCUT2D eigenvalue weighted by Crippen LogP contribution is -2.61. The van der Waals surface area contributed by atoms with Crippen LogP contribution in [0.3, 0.4) is 0 Å². The Hall–Kier alpha value is -8.65. The summed E-state index contributed by atoms with van der Waals surface area (Å²) in [5.41, 5.74) is 18.6. The number of hydrogen-bond donors (Lipinski definition) is 16. The Morgan fingerprint density at radius 2 is 1.28 bits per heavy atom. The molecule has 11 atom stereocenters. The van der Waals surface area contributed by atoms with Crippen LogP contribution in [0.1, 0.15) is 130 Å². The van der Waals surface area contributed by atoms with Crippen molar-refractivity contribution < 1.29 is 67.7 Å². The summed E-state index contributed by atoms with van der Waals surface area (Å²) in [4.78, 5) is 183. The van der Waals surface area contributed by atoms with Gasteiger partial charge in [-0.1, -0.05) is 71.2 Å². The number of nitrogens with two attached hydrogens (primary N) is 3. The Balaban J connectivity index is 1.55. The zero-order valence-electron chi connectivity index (χ0n) is 55.0. The number of carbonyl (C=O) groups excluding carboxylic acids is 12. The van der Waals surface area contributed by atoms with Gasteiger partial charge in [0.1, 0.15) is 60.4 Å². The van der Waals surface area contributed by atoms with Gasteiger partial charge in [-0.25, -0.2) is 0 Å². The van der Waals surface area contributed by atoms with Crippen molar-refractivity contribution in [2.45, 2.75) is 197 Å². The van der Waals surface area contributed by atoms with Gasteiger partial charge in [0, 0.05) is 67.8 Å². The first-order chi connectivity index (χ1) is 45.2. The zero-order valence-corrected chi connectivity index (χ0v) is 55.8. The van der Waals surface area contributed by atoms with Crippen molar-refractivity contribution in [1.82, 2.24) is 63.1 Å². The van der Waals surface area contributed by atoms with E-state index in [-0.39, 0.29) is 76.3 Å². The average molecular weight is 1350 g/mol. The number of fused-ring (bicyclic) bond motifs is 2. The molecule has 0 aliphatic carbocycles. The molecule has 3 aliphatic heterocycles. The van der Waals surface area contributed by atoms with Crippen molar-refractivity contribution in [2.24, 2.45) is 39.0 Å². The van der Waals surface area contributed by atoms with Crippen LogP contribution in [0.2, 0.25) is 0 Å². The average Bonchev–Trinajstić information content (AvgIpc) is 1.75. The lowest BCUT2D eigenvalue weighted by atomic mass is 10.0. The van der Waals surface area contributed by atoms with E-state index in [1.807, 2.05) is 32.0 Å². The van der Waals surface area contributed by atoms with Crippen molar-refractivity contribution in [3.63, 3.8) is 0 Å². The van der Waals surface area contributed by atoms with E-state index in [2.05, 4.69) is 68.1 Å². The number of aliphatic hydroxyl groups excluding tert-OH is 2. The number of aromatic amines is 1. The van der Waals surface area contributed by atoms with Crippen LogP contribution in [0.15, 0.2) is 52.2 Å². The molecular formula is C63H97N17O14S. The molecule has 2 aromatic rings. The van der Waals surface area contributed by atoms with Crippen LogP contribution in [0.5, 0.6) is 0 Å². The highest BCUT2D eigenvalue weighted by Gasteiger charge is 2.41. The summed E-state index contributed by atoms with van der Waals surface area (Å²) in [6, 6.07) is -7.20. The fourth-order valence-electron chi connectivity index (χ4n) is 11.2. The topological polar surface area (TPSA) is 487 Å². The molecule has 12 amide bonds. The van der Waals surface area contributed by atoms with Crippen LogP contribution in [0.25, 0.3) is 10.9 Å². The number of amides is 12. The van der Waals surface area contributed by atoms with Crippen molar-refractivity contribution in [2.75, 3.05) is 38.2 Å². The minimum absolute atomic E-state index is 0.00297. The molecule has 2 fully saturated rings. The molecule has 0 radical (unpaired) electrons. The molecule has 2 saturated heterocycles. The number of aliphatic imine (C=N–C) groups is 2. The highest BCUT2D eigenvalue weighted by Crippen LogP contribution is 2.23. The molecule has 19 N–H and O–H groups in total. The number of aromatic nitrogens is 1. The van der Waals surface area contributed by atoms with Crippen LogP contribution in [0.4, 0.5) is 0 Å². The first-order valence-corrected chi connectivity index (χ1v) is 33.8. The van der Waals surface area contributed by atoms with Gasteiger partial charge in [-0.15, -0.1) is 0 Å². The normalized spacial score (nSPS) is 25.3. The minimum Gasteiger partial charge on any atom is -0.394 e. The number of carbonyl (C=O) groups is 12. The first kappa shape index (κ1) is 77.1. The van der Waals surface area contributed by atoms with Gasteiger partial charge < -0.3 is 90.5 Å². The highest BCUT2D eigenvalue weighted by molar-refractivity contribution is 7.98. The minimum atomic E-state index is -1.74. The Bertz CT molecular complexity index is 3110. The van der Waals surface area contributed by atoms with E-state index in [1.54, 1.807) is 44.7 Å². The Morgan fingerprint density at radius 3 is 1.91 bits per heavy atom. The van der Waals surface area contributed by atoms with Crippen molar-refractivity contribution >= 4 is 106 Å². The predicted octanol–water partition coefficient (Wildman–Crippen LogP) is -2.35. The molecule has 5 rings (SSSR count). The maximum Gasteiger partial charge on any atom is 0.248 e. The maximum atomic E-state index is 14.8. The van der Waals surface area contributed by atoms with Gasteiger partial charge >= 0.3 is 0 Å². The molecule has 31 nitrogen and oxygen atoms in total. The fraction of sp³-hybridized carbons (Fsp3) is 0.619. The van der Waals surface area contributed by atoms with Crippen molar-refractivity contribution in [1.29, 1.82) is 0 Å². The number of rotatable bonds is 21. The third-order valence-electron chi connectivity index (χ3n) is 16.3. The fourth-order valence-corrected chi connectivity index (χ4v) is 11.6. The molecule has 524 valence electrons. The lowest BCUT2D eigenvalue weighted by molar-refractivity contribution is -0.143. The summed E-state index contributed by atoms with van der Waals surface area (Å²) in [5.74, 6) is -10.5. The summed E-state index contributed by atoms with van der Waals surface area (Å²) in [6.45, 7) is 7.03. The molecular weight excluding hydrogens is 1250 g/mol. The number of aliphatic hydroxyl groups is 2. The van der Waals surface area contributed by atoms with Gasteiger partial charge in [0.2, 0.25) is 70.9 Å². The van der Waals surface area contributed by atoms with Crippen LogP contribution < -0.4 is 70.4 Å². The van der Waals surface area contributed by atoms with Crippen LogP contribution in [-0.4, -0.2) is 208 Å². The molecule has 0 saturated carbocycles. The van der Waals surface area contributed by atoms with Crippen LogP contribution >= 0.6 is 11.8 Å². The van der Waals surface area contributed by atoms with Gasteiger partial charge in [0.05, 0.1) is 19.3 Å². The number of para-hydroxylation sites is 1. The van der Waals surface area contributed by atoms with E-state index in [9.17, 15) is 67.7 Å². The van der Waals surface area contributed by atoms with Gasteiger partial charge in [0.25, 0.3) is 0 Å². The summed E-state index contributed by atoms with van der Waals surface area (Å²) in [5, 5.41) is 48.3. The Morgan fingerprint density at radius 1 is 0.674 bits per heavy atom. The first-order valence-electron chi connectivity index (χ1n) is 32.4. The second-order valence-electron chi connectivity index (χ2n) is 24.9. The number of thioether (sulfide) groups is 1. The van der Waals surface area contributed by atoms with E-state index in [0.717, 1.165) is 17.3 Å². The number of allylic oxidation sites excluding steroid dienone is 1. The quantitative estimate of drug-likeness (QED) is 0.0353. The number of benzene rings is 1. The molecule has 0 bridgehead atoms. The summed E-state index contributed by atoms with van der Waals surface area (Å²) >= 11 is 1.35. The van der Waals surface area contributed by atoms with Crippen molar-refractivity contribution in [3.05, 3.63) is 47.8 Å². The summed E-state index contributed by atoms with van der Waals surface area (Å²) in [6.07, 6.45) is 6.71. The SMILES string of the molecule is CSCC[C@@H]1NC(=O)[C@H](Cc2c[nH]c3ccccc23)NC(=O)[C@@H](CCCCC(C)C)NC(=O)CC[C@@H](C(N)=O)NC(=O)[C@H]([C@@H](C)O)NC(=O)CNC(=O)[C@H](CC(C)C)NC(=O)[C@H](CC2=CCC=N2)NC(=O)[C@H](CCCN=C(N)N)NC(=O)[C@@H]2CCCN2C(=O)[C@H](CO)NC1=O. The third kappa shape index (κ3) is 24.9. The smallest absolute Gasteiger partial charge is 0.248 e. The van der Waals surface area contributed by atoms with E-state index < -0.39 is 163 Å². The number of nitrogens with zero attached hydrogens (tertiary/aromatic N) is 3. The summed E-state index contributed by atoms with van der Waals surface area (Å²) < 4.78 is 0. The third-order valence-corrected chi connectivity index (χ3v) is 16.9. The van der Waals surface area contributed by atoms with Gasteiger partial charge in [-0.3, -0.25) is 67.5 Å². The Kier molecular flexibility index (Phi) is 31.3. The number of nitrogens with one attached hydrogen (secondary N) is 11. The molecule has 4 heterocycles. The number of guanidine groups is 1. The zero-order chi connectivity index (χ0) is 69.9. The second kappa shape index (κ2) is 38.6. The number of hydrogen-bond acceptors (Lipinski definition) is 17. The van der Waals surface area contributed by atoms with Crippen LogP contribution in [0, 0.1) is 11.8 Å². The standard InChI is InChI=1S/C63H97N17O14S/c1-34(2)14-7-9-18-42-55(87)76-46(29-37-31-69-40-17-10-8-16-39(37)40)58(90)73-44(23-27-95-6)57(89)78-48(33-81)62(94)80-26-13-20-49(80)60(92)74-43(19-12-25-68-63(65)66)56(88)77-47(30-38-15-11-24-67-38)59(91)75-45(28-35(3)4)54(86)70-32-51(84)79-52(36(5)82)61(93)72-41(53(64)85)21-22-50(83)71-42/h8,10,15-17,24,31,34-36,41-49,52,69,81-82H,7,9,11-14,18-23,25-30,32-33H2,1-6H3,(H2,64,85)(H,70,86)(H,71,83)(H,72,93)(H,73,90)(H,74,92)(H,75,91)(H,76,87)(H,77,88)(H,78,89)(H,79,84)(H4,65,66,68)/t36-,41+,42-,43+,44+,45+,46+,47+,48+,49+,52+/m1/s1. The molecule has 0 spiro atoms. The molecule has 1 aromatic heterocycles. The van der Waals surface area contributed by atoms with E-state index in [0.29, 0.717) is 48.6 Å². The van der Waals surface area contributed by atoms with Gasteiger partial charge in [0.15, 0.2) is 5.96 Å².